The second kappa shape index (κ2) is 6.21. The Bertz CT molecular complexity index is 405. The fourth-order valence-electron chi connectivity index (χ4n) is 2.03. The number of ether oxygens (including phenoxy) is 1. The van der Waals surface area contributed by atoms with Gasteiger partial charge in [-0.25, -0.2) is 0 Å². The Hall–Kier alpha value is -1.06. The molecule has 1 atom stereocenters. The topological polar surface area (TPSA) is 29.5 Å². The predicted octanol–water partition coefficient (Wildman–Crippen LogP) is 2.00. The van der Waals surface area contributed by atoms with E-state index in [2.05, 4.69) is 0 Å². The zero-order chi connectivity index (χ0) is 13.0. The minimum Gasteiger partial charge on any atom is -0.373 e. The molecular weight excluding hydrogens is 250 g/mol. The van der Waals surface area contributed by atoms with E-state index in [1.165, 1.54) is 5.56 Å². The largest absolute Gasteiger partial charge is 0.373 e. The molecule has 0 aromatic heterocycles. The quantitative estimate of drug-likeness (QED) is 0.784. The monoisotopic (exact) mass is 267 g/mol. The van der Waals surface area contributed by atoms with Gasteiger partial charge in [0.15, 0.2) is 0 Å². The van der Waals surface area contributed by atoms with Gasteiger partial charge < -0.3 is 9.64 Å². The van der Waals surface area contributed by atoms with Crippen molar-refractivity contribution in [3.63, 3.8) is 0 Å². The van der Waals surface area contributed by atoms with Crippen LogP contribution >= 0.6 is 11.6 Å². The summed E-state index contributed by atoms with van der Waals surface area (Å²) < 4.78 is 5.45. The number of morpholine rings is 1. The zero-order valence-corrected chi connectivity index (χ0v) is 11.3. The molecule has 0 bridgehead atoms. The summed E-state index contributed by atoms with van der Waals surface area (Å²) in [6.07, 6.45) is 0.428. The van der Waals surface area contributed by atoms with Crippen molar-refractivity contribution in [1.82, 2.24) is 4.90 Å². The molecule has 1 aromatic rings. The normalized spacial score (nSPS) is 19.9. The van der Waals surface area contributed by atoms with Crippen molar-refractivity contribution in [3.8, 4) is 0 Å². The average Bonchev–Trinajstić information content (AvgIpc) is 2.41. The van der Waals surface area contributed by atoms with Gasteiger partial charge in [0.1, 0.15) is 0 Å². The zero-order valence-electron chi connectivity index (χ0n) is 10.6. The highest BCUT2D eigenvalue weighted by atomic mass is 35.5. The van der Waals surface area contributed by atoms with Gasteiger partial charge in [0.2, 0.25) is 5.91 Å². The molecule has 0 spiro atoms. The predicted molar refractivity (Wildman–Crippen MR) is 71.9 cm³/mol. The molecule has 18 heavy (non-hydrogen) atoms. The molecule has 1 aromatic carbocycles. The Balaban J connectivity index is 1.93. The van der Waals surface area contributed by atoms with Gasteiger partial charge in [-0.2, -0.15) is 0 Å². The summed E-state index contributed by atoms with van der Waals surface area (Å²) in [6, 6.07) is 8.08. The van der Waals surface area contributed by atoms with Crippen molar-refractivity contribution in [2.45, 2.75) is 19.4 Å². The lowest BCUT2D eigenvalue weighted by molar-refractivity contribution is -0.137. The van der Waals surface area contributed by atoms with Crippen LogP contribution in [0.25, 0.3) is 0 Å². The molecule has 1 amide bonds. The first-order chi connectivity index (χ1) is 8.69. The van der Waals surface area contributed by atoms with Crippen LogP contribution in [0.2, 0.25) is 0 Å². The Kier molecular flexibility index (Phi) is 4.61. The summed E-state index contributed by atoms with van der Waals surface area (Å²) >= 11 is 5.76. The van der Waals surface area contributed by atoms with Gasteiger partial charge in [0.05, 0.1) is 25.0 Å². The molecular formula is C14H18ClNO2. The average molecular weight is 268 g/mol. The van der Waals surface area contributed by atoms with Crippen molar-refractivity contribution < 1.29 is 9.53 Å². The highest BCUT2D eigenvalue weighted by molar-refractivity contribution is 6.18. The first kappa shape index (κ1) is 13.4. The summed E-state index contributed by atoms with van der Waals surface area (Å²) in [5.41, 5.74) is 2.26. The SMILES string of the molecule is Cc1ccc(CC(=O)N2CCOC(CCl)C2)cc1. The number of amides is 1. The number of aryl methyl sites for hydroxylation is 1. The van der Waals surface area contributed by atoms with E-state index in [0.29, 0.717) is 32.0 Å². The molecule has 4 heteroatoms. The van der Waals surface area contributed by atoms with E-state index >= 15 is 0 Å². The van der Waals surface area contributed by atoms with Gasteiger partial charge in [-0.3, -0.25) is 4.79 Å². The first-order valence-electron chi connectivity index (χ1n) is 6.20. The van der Waals surface area contributed by atoms with E-state index in [9.17, 15) is 4.79 Å². The van der Waals surface area contributed by atoms with Gasteiger partial charge in [0, 0.05) is 13.1 Å². The second-order valence-corrected chi connectivity index (χ2v) is 4.96. The standard InChI is InChI=1S/C14H18ClNO2/c1-11-2-4-12(5-3-11)8-14(17)16-6-7-18-13(9-15)10-16/h2-5,13H,6-10H2,1H3. The maximum Gasteiger partial charge on any atom is 0.227 e. The van der Waals surface area contributed by atoms with Crippen LogP contribution in [0.4, 0.5) is 0 Å². The number of halogens is 1. The van der Waals surface area contributed by atoms with E-state index in [-0.39, 0.29) is 12.0 Å². The van der Waals surface area contributed by atoms with E-state index in [1.807, 2.05) is 36.1 Å². The molecule has 1 saturated heterocycles. The number of benzene rings is 1. The second-order valence-electron chi connectivity index (χ2n) is 4.65. The van der Waals surface area contributed by atoms with Crippen LogP contribution in [0, 0.1) is 6.92 Å². The molecule has 0 radical (unpaired) electrons. The van der Waals surface area contributed by atoms with Crippen LogP contribution in [-0.2, 0) is 16.0 Å². The molecule has 1 fully saturated rings. The van der Waals surface area contributed by atoms with Crippen LogP contribution in [0.3, 0.4) is 0 Å². The van der Waals surface area contributed by atoms with Crippen molar-refractivity contribution in [2.75, 3.05) is 25.6 Å². The number of carbonyl (C=O) groups is 1. The summed E-state index contributed by atoms with van der Waals surface area (Å²) in [4.78, 5) is 14.0. The van der Waals surface area contributed by atoms with Crippen LogP contribution in [0.15, 0.2) is 24.3 Å². The number of nitrogens with zero attached hydrogens (tertiary/aromatic N) is 1. The van der Waals surface area contributed by atoms with Crippen molar-refractivity contribution >= 4 is 17.5 Å². The Labute approximate surface area is 113 Å². The van der Waals surface area contributed by atoms with E-state index in [4.69, 9.17) is 16.3 Å². The number of alkyl halides is 1. The van der Waals surface area contributed by atoms with Gasteiger partial charge >= 0.3 is 0 Å². The lowest BCUT2D eigenvalue weighted by Gasteiger charge is -2.32. The molecule has 1 aliphatic heterocycles. The first-order valence-corrected chi connectivity index (χ1v) is 6.73. The molecule has 3 nitrogen and oxygen atoms in total. The maximum absolute atomic E-state index is 12.1. The molecule has 0 saturated carbocycles. The van der Waals surface area contributed by atoms with Crippen molar-refractivity contribution in [3.05, 3.63) is 35.4 Å². The van der Waals surface area contributed by atoms with E-state index < -0.39 is 0 Å². The molecule has 1 heterocycles. The third-order valence-electron chi connectivity index (χ3n) is 3.14. The number of carbonyl (C=O) groups excluding carboxylic acids is 1. The molecule has 1 aliphatic rings. The van der Waals surface area contributed by atoms with Crippen LogP contribution in [0.1, 0.15) is 11.1 Å². The van der Waals surface area contributed by atoms with Crippen LogP contribution < -0.4 is 0 Å². The molecule has 1 unspecified atom stereocenters. The van der Waals surface area contributed by atoms with Crippen molar-refractivity contribution in [2.24, 2.45) is 0 Å². The fraction of sp³-hybridized carbons (Fsp3) is 0.500. The van der Waals surface area contributed by atoms with Gasteiger partial charge in [-0.15, -0.1) is 11.6 Å². The third-order valence-corrected chi connectivity index (χ3v) is 3.48. The molecule has 98 valence electrons. The number of hydrogen-bond donors (Lipinski definition) is 0. The highest BCUT2D eigenvalue weighted by Gasteiger charge is 2.23. The molecule has 0 aliphatic carbocycles. The highest BCUT2D eigenvalue weighted by Crippen LogP contribution is 2.10. The van der Waals surface area contributed by atoms with Gasteiger partial charge in [0.25, 0.3) is 0 Å². The lowest BCUT2D eigenvalue weighted by Crippen LogP contribution is -2.46. The van der Waals surface area contributed by atoms with E-state index in [0.717, 1.165) is 5.56 Å². The van der Waals surface area contributed by atoms with Gasteiger partial charge in [-0.1, -0.05) is 29.8 Å². The number of hydrogen-bond acceptors (Lipinski definition) is 2. The summed E-state index contributed by atoms with van der Waals surface area (Å²) in [5, 5.41) is 0. The number of rotatable bonds is 3. The third kappa shape index (κ3) is 3.47. The van der Waals surface area contributed by atoms with Crippen molar-refractivity contribution in [1.29, 1.82) is 0 Å². The minimum atomic E-state index is -0.0256. The Morgan fingerprint density at radius 1 is 1.44 bits per heavy atom. The Morgan fingerprint density at radius 3 is 2.83 bits per heavy atom. The van der Waals surface area contributed by atoms with Crippen LogP contribution in [-0.4, -0.2) is 42.5 Å². The van der Waals surface area contributed by atoms with Crippen LogP contribution in [0.5, 0.6) is 0 Å². The van der Waals surface area contributed by atoms with Gasteiger partial charge in [-0.05, 0) is 12.5 Å². The smallest absolute Gasteiger partial charge is 0.227 e. The van der Waals surface area contributed by atoms with E-state index in [1.54, 1.807) is 0 Å². The fourth-order valence-corrected chi connectivity index (χ4v) is 2.22. The molecule has 0 N–H and O–H groups in total. The summed E-state index contributed by atoms with van der Waals surface area (Å²) in [6.45, 7) is 3.89. The minimum absolute atomic E-state index is 0.0256. The molecule has 2 rings (SSSR count). The lowest BCUT2D eigenvalue weighted by atomic mass is 10.1. The summed E-state index contributed by atoms with van der Waals surface area (Å²) in [7, 11) is 0. The summed E-state index contributed by atoms with van der Waals surface area (Å²) in [5.74, 6) is 0.589. The Morgan fingerprint density at radius 2 is 2.17 bits per heavy atom. The maximum atomic E-state index is 12.1.